The number of aryl methyl sites for hydroxylation is 1. The minimum Gasteiger partial charge on any atom is -0.384 e. The molecule has 0 bridgehead atoms. The first-order valence-corrected chi connectivity index (χ1v) is 12.2. The summed E-state index contributed by atoms with van der Waals surface area (Å²) in [5.41, 5.74) is 9.24. The molecule has 2 N–H and O–H groups in total. The maximum absolute atomic E-state index is 13.5. The summed E-state index contributed by atoms with van der Waals surface area (Å²) in [7, 11) is 0. The number of carbonyl (C=O) groups excluding carboxylic acids is 1. The van der Waals surface area contributed by atoms with Gasteiger partial charge in [-0.2, -0.15) is 5.26 Å². The lowest BCUT2D eigenvalue weighted by Crippen LogP contribution is -2.42. The van der Waals surface area contributed by atoms with Gasteiger partial charge in [0.1, 0.15) is 5.82 Å². The van der Waals surface area contributed by atoms with Gasteiger partial charge in [0.2, 0.25) is 0 Å². The van der Waals surface area contributed by atoms with E-state index < -0.39 is 5.92 Å². The van der Waals surface area contributed by atoms with E-state index in [0.29, 0.717) is 34.8 Å². The fourth-order valence-corrected chi connectivity index (χ4v) is 6.65. The number of anilines is 1. The number of halogens is 2. The van der Waals surface area contributed by atoms with Crippen molar-refractivity contribution in [2.75, 3.05) is 4.90 Å². The molecule has 0 amide bonds. The number of nitrogens with two attached hydrogens (primary N) is 1. The first kappa shape index (κ1) is 22.1. The molecular weight excluding hydrogens is 494 g/mol. The van der Waals surface area contributed by atoms with Crippen molar-refractivity contribution in [1.82, 2.24) is 0 Å². The van der Waals surface area contributed by atoms with Gasteiger partial charge < -0.3 is 5.73 Å². The van der Waals surface area contributed by atoms with Gasteiger partial charge in [0.25, 0.3) is 0 Å². The molecule has 2 aromatic rings. The molecule has 1 aromatic heterocycles. The summed E-state index contributed by atoms with van der Waals surface area (Å²) < 4.78 is 1.01. The van der Waals surface area contributed by atoms with Gasteiger partial charge in [0.15, 0.2) is 5.78 Å². The molecule has 0 saturated carbocycles. The van der Waals surface area contributed by atoms with Crippen molar-refractivity contribution in [1.29, 1.82) is 5.26 Å². The van der Waals surface area contributed by atoms with Crippen LogP contribution in [0.2, 0.25) is 5.02 Å². The predicted molar refractivity (Wildman–Crippen MR) is 130 cm³/mol. The van der Waals surface area contributed by atoms with Crippen LogP contribution in [-0.2, 0) is 11.2 Å². The zero-order chi connectivity index (χ0) is 22.5. The lowest BCUT2D eigenvalue weighted by molar-refractivity contribution is -0.118. The Labute approximate surface area is 200 Å². The smallest absolute Gasteiger partial charge is 0.162 e. The minimum atomic E-state index is -0.436. The number of nitrogens with zero attached hydrogens (tertiary/aromatic N) is 2. The van der Waals surface area contributed by atoms with Crippen LogP contribution in [0.1, 0.15) is 49.3 Å². The van der Waals surface area contributed by atoms with Crippen molar-refractivity contribution in [3.8, 4) is 6.07 Å². The molecular formula is C24H23BrClN3OS. The third-order valence-electron chi connectivity index (χ3n) is 5.85. The van der Waals surface area contributed by atoms with Crippen LogP contribution in [0.3, 0.4) is 0 Å². The molecule has 1 atom stereocenters. The number of carbonyl (C=O) groups is 1. The fourth-order valence-electron chi connectivity index (χ4n) is 4.49. The molecule has 0 radical (unpaired) electrons. The van der Waals surface area contributed by atoms with Gasteiger partial charge in [-0.3, -0.25) is 9.69 Å². The van der Waals surface area contributed by atoms with E-state index in [-0.39, 0.29) is 11.2 Å². The summed E-state index contributed by atoms with van der Waals surface area (Å²) in [5.74, 6) is 0.0217. The van der Waals surface area contributed by atoms with E-state index in [1.165, 1.54) is 4.88 Å². The van der Waals surface area contributed by atoms with Crippen molar-refractivity contribution < 1.29 is 4.79 Å². The highest BCUT2D eigenvalue weighted by Gasteiger charge is 2.45. The number of Topliss-reactive ketones (excluding diaryl/α,β-unsaturated/α-hetero) is 1. The van der Waals surface area contributed by atoms with E-state index in [2.05, 4.69) is 42.8 Å². The quantitative estimate of drug-likeness (QED) is 0.495. The lowest BCUT2D eigenvalue weighted by atomic mass is 9.69. The SMILES string of the molecule is CCc1sc(C2C(C#N)=C(N)N(c3ccc(Cl)cc3)C3=C2C(=O)CC(C)(C)C3)cc1Br. The summed E-state index contributed by atoms with van der Waals surface area (Å²) in [6.07, 6.45) is 2.02. The third kappa shape index (κ3) is 3.84. The van der Waals surface area contributed by atoms with E-state index in [4.69, 9.17) is 17.3 Å². The Morgan fingerprint density at radius 3 is 2.58 bits per heavy atom. The van der Waals surface area contributed by atoms with Gasteiger partial charge in [0, 0.05) is 42.6 Å². The molecule has 2 aliphatic rings. The van der Waals surface area contributed by atoms with E-state index >= 15 is 0 Å². The molecule has 1 aliphatic heterocycles. The van der Waals surface area contributed by atoms with Crippen LogP contribution in [0.25, 0.3) is 0 Å². The molecule has 2 heterocycles. The van der Waals surface area contributed by atoms with Crippen molar-refractivity contribution in [2.45, 2.75) is 46.0 Å². The molecule has 4 rings (SSSR count). The number of hydrogen-bond acceptors (Lipinski definition) is 5. The van der Waals surface area contributed by atoms with Gasteiger partial charge in [0.05, 0.1) is 17.6 Å². The second-order valence-corrected chi connectivity index (χ2v) is 11.2. The summed E-state index contributed by atoms with van der Waals surface area (Å²) in [5, 5.41) is 10.8. The van der Waals surface area contributed by atoms with E-state index in [0.717, 1.165) is 27.2 Å². The Balaban J connectivity index is 1.99. The van der Waals surface area contributed by atoms with Crippen LogP contribution < -0.4 is 10.6 Å². The molecule has 1 aliphatic carbocycles. The molecule has 4 nitrogen and oxygen atoms in total. The van der Waals surface area contributed by atoms with Gasteiger partial charge in [-0.15, -0.1) is 11.3 Å². The number of nitriles is 1. The minimum absolute atomic E-state index is 0.0815. The van der Waals surface area contributed by atoms with E-state index in [1.54, 1.807) is 23.5 Å². The highest BCUT2D eigenvalue weighted by Crippen LogP contribution is 2.51. The van der Waals surface area contributed by atoms with E-state index in [1.807, 2.05) is 23.1 Å². The summed E-state index contributed by atoms with van der Waals surface area (Å²) >= 11 is 11.4. The number of allylic oxidation sites excluding steroid dienone is 3. The summed E-state index contributed by atoms with van der Waals surface area (Å²) in [6, 6.07) is 11.7. The highest BCUT2D eigenvalue weighted by atomic mass is 79.9. The number of rotatable bonds is 3. The van der Waals surface area contributed by atoms with Gasteiger partial charge in [-0.1, -0.05) is 32.4 Å². The first-order chi connectivity index (χ1) is 14.7. The first-order valence-electron chi connectivity index (χ1n) is 10.2. The average molecular weight is 517 g/mol. The Hall–Kier alpha value is -2.07. The van der Waals surface area contributed by atoms with Crippen LogP contribution in [0.15, 0.2) is 57.5 Å². The van der Waals surface area contributed by atoms with Crippen LogP contribution in [0.4, 0.5) is 5.69 Å². The molecule has 160 valence electrons. The van der Waals surface area contributed by atoms with Gasteiger partial charge in [-0.05, 0) is 64.5 Å². The number of benzene rings is 1. The van der Waals surface area contributed by atoms with Crippen molar-refractivity contribution >= 4 is 50.3 Å². The molecule has 0 spiro atoms. The Morgan fingerprint density at radius 2 is 2.00 bits per heavy atom. The molecule has 0 fully saturated rings. The lowest BCUT2D eigenvalue weighted by Gasteiger charge is -2.43. The Bertz CT molecular complexity index is 1170. The van der Waals surface area contributed by atoms with Gasteiger partial charge >= 0.3 is 0 Å². The standard InChI is InChI=1S/C24H23BrClN3OS/c1-4-19-16(25)9-20(31-19)21-15(12-27)23(28)29(14-7-5-13(26)6-8-14)17-10-24(2,3)11-18(30)22(17)21/h5-9,21H,4,10-11,28H2,1-3H3. The van der Waals surface area contributed by atoms with E-state index in [9.17, 15) is 10.1 Å². The molecule has 7 heteroatoms. The topological polar surface area (TPSA) is 70.1 Å². The van der Waals surface area contributed by atoms with Crippen LogP contribution in [-0.4, -0.2) is 5.78 Å². The Kier molecular flexibility index (Phi) is 5.80. The van der Waals surface area contributed by atoms with Crippen LogP contribution in [0.5, 0.6) is 0 Å². The summed E-state index contributed by atoms with van der Waals surface area (Å²) in [6.45, 7) is 6.29. The maximum Gasteiger partial charge on any atom is 0.162 e. The second-order valence-electron chi connectivity index (χ2n) is 8.73. The number of ketones is 1. The molecule has 0 saturated heterocycles. The second kappa shape index (κ2) is 8.12. The number of thiophene rings is 1. The predicted octanol–water partition coefficient (Wildman–Crippen LogP) is 6.67. The van der Waals surface area contributed by atoms with Crippen LogP contribution >= 0.6 is 38.9 Å². The Morgan fingerprint density at radius 1 is 1.32 bits per heavy atom. The molecule has 1 unspecified atom stereocenters. The average Bonchev–Trinajstić information content (AvgIpc) is 3.07. The number of hydrogen-bond donors (Lipinski definition) is 1. The van der Waals surface area contributed by atoms with Crippen LogP contribution in [0, 0.1) is 16.7 Å². The normalized spacial score (nSPS) is 20.7. The van der Waals surface area contributed by atoms with Gasteiger partial charge in [-0.25, -0.2) is 0 Å². The largest absolute Gasteiger partial charge is 0.384 e. The van der Waals surface area contributed by atoms with Crippen molar-refractivity contribution in [3.63, 3.8) is 0 Å². The monoisotopic (exact) mass is 515 g/mol. The third-order valence-corrected chi connectivity index (χ3v) is 8.41. The maximum atomic E-state index is 13.5. The zero-order valence-electron chi connectivity index (χ0n) is 17.6. The van der Waals surface area contributed by atoms with Crippen molar-refractivity contribution in [2.24, 2.45) is 11.1 Å². The zero-order valence-corrected chi connectivity index (χ0v) is 20.8. The summed E-state index contributed by atoms with van der Waals surface area (Å²) in [4.78, 5) is 17.5. The molecule has 31 heavy (non-hydrogen) atoms. The fraction of sp³-hybridized carbons (Fsp3) is 0.333. The highest BCUT2D eigenvalue weighted by molar-refractivity contribution is 9.10. The van der Waals surface area contributed by atoms with Crippen molar-refractivity contribution in [3.05, 3.63) is 72.2 Å². The molecule has 1 aromatic carbocycles.